The van der Waals surface area contributed by atoms with Crippen LogP contribution in [0.5, 0.6) is 11.5 Å². The van der Waals surface area contributed by atoms with Crippen LogP contribution in [0.3, 0.4) is 0 Å². The average Bonchev–Trinajstić information content (AvgIpc) is 3.40. The monoisotopic (exact) mass is 609 g/mol. The summed E-state index contributed by atoms with van der Waals surface area (Å²) in [4.78, 5) is 23.6. The molecule has 1 N–H and O–H groups in total. The largest absolute Gasteiger partial charge is 0.508 e. The van der Waals surface area contributed by atoms with E-state index >= 15 is 0 Å². The van der Waals surface area contributed by atoms with Gasteiger partial charge in [0.1, 0.15) is 16.5 Å². The smallest absolute Gasteiger partial charge is 0.416 e. The van der Waals surface area contributed by atoms with Crippen molar-refractivity contribution in [1.82, 2.24) is 14.8 Å². The van der Waals surface area contributed by atoms with E-state index in [-0.39, 0.29) is 18.0 Å². The van der Waals surface area contributed by atoms with Gasteiger partial charge in [-0.15, -0.1) is 11.3 Å². The second-order valence-electron chi connectivity index (χ2n) is 10.8. The predicted octanol–water partition coefficient (Wildman–Crippen LogP) is 6.98. The number of nitrogens with zero attached hydrogens (tertiary/aromatic N) is 3. The van der Waals surface area contributed by atoms with Crippen LogP contribution < -0.4 is 4.74 Å². The minimum Gasteiger partial charge on any atom is -0.508 e. The number of alkyl halides is 3. The molecule has 0 spiro atoms. The van der Waals surface area contributed by atoms with Crippen LogP contribution in [0.15, 0.2) is 66.7 Å². The molecule has 10 heteroatoms. The van der Waals surface area contributed by atoms with Crippen molar-refractivity contribution in [1.29, 1.82) is 0 Å². The summed E-state index contributed by atoms with van der Waals surface area (Å²) in [5.74, 6) is 0.945. The van der Waals surface area contributed by atoms with Crippen LogP contribution >= 0.6 is 11.3 Å². The summed E-state index contributed by atoms with van der Waals surface area (Å²) in [6.45, 7) is 6.72. The lowest BCUT2D eigenvalue weighted by Crippen LogP contribution is -2.45. The number of ether oxygens (including phenoxy) is 1. The van der Waals surface area contributed by atoms with Gasteiger partial charge in [0.05, 0.1) is 18.4 Å². The molecule has 1 aliphatic heterocycles. The first-order chi connectivity index (χ1) is 20.6. The van der Waals surface area contributed by atoms with E-state index in [0.29, 0.717) is 34.7 Å². The topological polar surface area (TPSA) is 65.9 Å². The highest BCUT2D eigenvalue weighted by molar-refractivity contribution is 7.15. The van der Waals surface area contributed by atoms with Crippen LogP contribution in [0.2, 0.25) is 0 Å². The van der Waals surface area contributed by atoms with Gasteiger partial charge in [0.2, 0.25) is 0 Å². The lowest BCUT2D eigenvalue weighted by molar-refractivity contribution is -0.137. The molecule has 1 aromatic heterocycles. The van der Waals surface area contributed by atoms with E-state index in [2.05, 4.69) is 21.9 Å². The molecule has 1 aliphatic rings. The Bertz CT molecular complexity index is 1540. The fraction of sp³-hybridized carbons (Fsp3) is 0.333. The molecule has 0 unspecified atom stereocenters. The molecule has 0 bridgehead atoms. The highest BCUT2D eigenvalue weighted by Crippen LogP contribution is 2.34. The molecule has 0 aliphatic carbocycles. The Morgan fingerprint density at radius 2 is 1.60 bits per heavy atom. The van der Waals surface area contributed by atoms with Crippen LogP contribution in [0.4, 0.5) is 13.2 Å². The molecule has 4 aromatic rings. The summed E-state index contributed by atoms with van der Waals surface area (Å²) < 4.78 is 44.6. The first kappa shape index (κ1) is 30.7. The minimum atomic E-state index is -4.40. The number of aryl methyl sites for hydroxylation is 2. The molecule has 1 saturated heterocycles. The molecule has 0 amide bonds. The fourth-order valence-electron chi connectivity index (χ4n) is 5.13. The molecule has 3 aromatic carbocycles. The number of methoxy groups -OCH3 is 1. The zero-order chi connectivity index (χ0) is 30.6. The number of hydrogen-bond acceptors (Lipinski definition) is 7. The number of aromatic hydroxyl groups is 1. The van der Waals surface area contributed by atoms with Crippen molar-refractivity contribution in [2.45, 2.75) is 39.0 Å². The lowest BCUT2D eigenvalue weighted by Gasteiger charge is -2.34. The molecule has 226 valence electrons. The molecular formula is C33H34F3N3O3S. The number of carbonyl (C=O) groups excluding carboxylic acids is 1. The van der Waals surface area contributed by atoms with Crippen molar-refractivity contribution in [3.05, 3.63) is 99.6 Å². The molecule has 1 fully saturated rings. The third kappa shape index (κ3) is 7.81. The molecular weight excluding hydrogens is 575 g/mol. The second-order valence-corrected chi connectivity index (χ2v) is 11.9. The van der Waals surface area contributed by atoms with Gasteiger partial charge in [-0.2, -0.15) is 13.2 Å². The van der Waals surface area contributed by atoms with Crippen molar-refractivity contribution in [3.8, 4) is 22.1 Å². The van der Waals surface area contributed by atoms with Gasteiger partial charge in [0, 0.05) is 61.7 Å². The number of phenols is 1. The Labute approximate surface area is 253 Å². The van der Waals surface area contributed by atoms with Gasteiger partial charge in [-0.25, -0.2) is 4.98 Å². The maximum Gasteiger partial charge on any atom is 0.416 e. The molecule has 5 rings (SSSR count). The van der Waals surface area contributed by atoms with E-state index in [0.717, 1.165) is 61.2 Å². The first-order valence-corrected chi connectivity index (χ1v) is 15.0. The molecule has 0 radical (unpaired) electrons. The maximum absolute atomic E-state index is 13.1. The van der Waals surface area contributed by atoms with Crippen molar-refractivity contribution in [2.75, 3.05) is 33.3 Å². The van der Waals surface area contributed by atoms with Gasteiger partial charge >= 0.3 is 6.18 Å². The van der Waals surface area contributed by atoms with Gasteiger partial charge in [-0.3, -0.25) is 14.6 Å². The van der Waals surface area contributed by atoms with Gasteiger partial charge in [-0.05, 0) is 66.9 Å². The summed E-state index contributed by atoms with van der Waals surface area (Å²) >= 11 is 1.43. The van der Waals surface area contributed by atoms with Crippen molar-refractivity contribution in [3.63, 3.8) is 0 Å². The van der Waals surface area contributed by atoms with Crippen molar-refractivity contribution < 1.29 is 27.8 Å². The second kappa shape index (κ2) is 13.3. The van der Waals surface area contributed by atoms with Gasteiger partial charge in [-0.1, -0.05) is 24.3 Å². The number of halogens is 3. The summed E-state index contributed by atoms with van der Waals surface area (Å²) in [5, 5.41) is 10.5. The van der Waals surface area contributed by atoms with Crippen LogP contribution in [-0.4, -0.2) is 59.0 Å². The normalized spacial score (nSPS) is 14.6. The summed E-state index contributed by atoms with van der Waals surface area (Å²) in [5.41, 5.74) is 3.19. The Morgan fingerprint density at radius 1 is 0.953 bits per heavy atom. The zero-order valence-electron chi connectivity index (χ0n) is 24.2. The number of rotatable bonds is 10. The van der Waals surface area contributed by atoms with Crippen LogP contribution in [-0.2, 0) is 25.7 Å². The first-order valence-electron chi connectivity index (χ1n) is 14.2. The number of thiazole rings is 1. The number of carbonyl (C=O) groups is 1. The third-order valence-corrected chi connectivity index (χ3v) is 8.95. The number of hydrogen-bond donors (Lipinski definition) is 1. The lowest BCUT2D eigenvalue weighted by atomic mass is 10.0. The average molecular weight is 610 g/mol. The Morgan fingerprint density at radius 3 is 2.21 bits per heavy atom. The molecule has 43 heavy (non-hydrogen) atoms. The van der Waals surface area contributed by atoms with E-state index in [1.807, 2.05) is 12.1 Å². The van der Waals surface area contributed by atoms with Crippen molar-refractivity contribution >= 4 is 17.1 Å². The standard InChI is InChI=1S/C33H34F3N3O3S/c1-22-19-25(7-12-29(22)40)30(41)13-14-31-28(37-32(43-31)24-5-8-26(9-6-24)33(34,35)36)21-39-17-15-38(16-18-39)20-23-3-10-27(42-2)11-4-23/h3-12,19,40H,13-18,20-21H2,1-2H3. The van der Waals surface area contributed by atoms with Crippen LogP contribution in [0, 0.1) is 6.92 Å². The van der Waals surface area contributed by atoms with Gasteiger partial charge in [0.25, 0.3) is 0 Å². The molecule has 0 saturated carbocycles. The van der Waals surface area contributed by atoms with Crippen LogP contribution in [0.1, 0.15) is 44.0 Å². The van der Waals surface area contributed by atoms with E-state index < -0.39 is 11.7 Å². The summed E-state index contributed by atoms with van der Waals surface area (Å²) in [7, 11) is 1.66. The highest BCUT2D eigenvalue weighted by Gasteiger charge is 2.30. The summed E-state index contributed by atoms with van der Waals surface area (Å²) in [6.07, 6.45) is -3.66. The Kier molecular flexibility index (Phi) is 9.49. The Hall–Kier alpha value is -3.73. The number of ketones is 1. The SMILES string of the molecule is COc1ccc(CN2CCN(Cc3nc(-c4ccc(C(F)(F)F)cc4)sc3CCC(=O)c3ccc(O)c(C)c3)CC2)cc1. The number of Topliss-reactive ketones (excluding diaryl/α,β-unsaturated/α-hetero) is 1. The van der Waals surface area contributed by atoms with Gasteiger partial charge in [0.15, 0.2) is 5.78 Å². The Balaban J connectivity index is 1.28. The quantitative estimate of drug-likeness (QED) is 0.196. The predicted molar refractivity (Wildman–Crippen MR) is 162 cm³/mol. The summed E-state index contributed by atoms with van der Waals surface area (Å²) in [6, 6.07) is 18.0. The van der Waals surface area contributed by atoms with E-state index in [1.165, 1.54) is 35.1 Å². The fourth-order valence-corrected chi connectivity index (χ4v) is 6.21. The minimum absolute atomic E-state index is 0.0364. The van der Waals surface area contributed by atoms with Crippen molar-refractivity contribution in [2.24, 2.45) is 0 Å². The highest BCUT2D eigenvalue weighted by atomic mass is 32.1. The van der Waals surface area contributed by atoms with Gasteiger partial charge < -0.3 is 9.84 Å². The zero-order valence-corrected chi connectivity index (χ0v) is 25.0. The number of aromatic nitrogens is 1. The molecule has 6 nitrogen and oxygen atoms in total. The number of phenolic OH excluding ortho intramolecular Hbond substituents is 1. The van der Waals surface area contributed by atoms with E-state index in [4.69, 9.17) is 9.72 Å². The maximum atomic E-state index is 13.1. The number of piperazine rings is 1. The number of benzene rings is 3. The van der Waals surface area contributed by atoms with E-state index in [1.54, 1.807) is 26.2 Å². The third-order valence-electron chi connectivity index (χ3n) is 7.74. The van der Waals surface area contributed by atoms with Crippen LogP contribution in [0.25, 0.3) is 10.6 Å². The van der Waals surface area contributed by atoms with E-state index in [9.17, 15) is 23.1 Å². The molecule has 0 atom stereocenters. The molecule has 2 heterocycles.